The van der Waals surface area contributed by atoms with E-state index in [0.717, 1.165) is 6.42 Å². The van der Waals surface area contributed by atoms with Crippen LogP contribution >= 0.6 is 12.6 Å². The highest BCUT2D eigenvalue weighted by Crippen LogP contribution is 2.05. The van der Waals surface area contributed by atoms with Crippen molar-refractivity contribution in [2.75, 3.05) is 18.9 Å². The molecule has 1 fully saturated rings. The maximum Gasteiger partial charge on any atom is 0.328 e. The Morgan fingerprint density at radius 3 is 2.14 bits per heavy atom. The Kier molecular flexibility index (Phi) is 9.68. The predicted octanol–water partition coefficient (Wildman–Crippen LogP) is -3.93. The number of carbonyl (C=O) groups is 5. The second-order valence-electron chi connectivity index (χ2n) is 6.21. The van der Waals surface area contributed by atoms with Gasteiger partial charge < -0.3 is 37.2 Å². The Labute approximate surface area is 166 Å². The summed E-state index contributed by atoms with van der Waals surface area (Å²) in [6, 6.07) is -4.62. The van der Waals surface area contributed by atoms with Crippen molar-refractivity contribution in [2.45, 2.75) is 43.4 Å². The van der Waals surface area contributed by atoms with E-state index in [1.807, 2.05) is 5.32 Å². The molecule has 1 saturated heterocycles. The van der Waals surface area contributed by atoms with Crippen LogP contribution in [0.25, 0.3) is 0 Å². The number of nitrogens with one attached hydrogen (secondary N) is 4. The van der Waals surface area contributed by atoms with Crippen molar-refractivity contribution in [3.8, 4) is 0 Å². The zero-order valence-corrected chi connectivity index (χ0v) is 15.9. The van der Waals surface area contributed by atoms with E-state index in [9.17, 15) is 24.0 Å². The Bertz CT molecular complexity index is 612. The summed E-state index contributed by atoms with van der Waals surface area (Å²) in [6.45, 7) is -0.200. The normalized spacial score (nSPS) is 19.1. The van der Waals surface area contributed by atoms with Gasteiger partial charge in [0.25, 0.3) is 0 Å². The molecule has 0 aromatic heterocycles. The molecule has 0 aromatic rings. The summed E-state index contributed by atoms with van der Waals surface area (Å²) in [5, 5.41) is 27.6. The summed E-state index contributed by atoms with van der Waals surface area (Å²) in [7, 11) is 0. The Morgan fingerprint density at radius 1 is 1.07 bits per heavy atom. The maximum absolute atomic E-state index is 12.4. The van der Waals surface area contributed by atoms with E-state index in [1.165, 1.54) is 0 Å². The first kappa shape index (κ1) is 23.7. The molecule has 0 aliphatic carbocycles. The van der Waals surface area contributed by atoms with Gasteiger partial charge in [-0.25, -0.2) is 4.79 Å². The number of amides is 4. The first-order valence-corrected chi connectivity index (χ1v) is 9.20. The van der Waals surface area contributed by atoms with E-state index >= 15 is 0 Å². The number of carboxylic acid groups (broad SMARTS) is 1. The lowest BCUT2D eigenvalue weighted by Gasteiger charge is -2.23. The highest BCUT2D eigenvalue weighted by molar-refractivity contribution is 7.80. The molecule has 0 radical (unpaired) electrons. The molecule has 0 aromatic carbocycles. The van der Waals surface area contributed by atoms with E-state index in [1.54, 1.807) is 0 Å². The average molecular weight is 419 g/mol. The van der Waals surface area contributed by atoms with Crippen LogP contribution in [0.5, 0.6) is 0 Å². The van der Waals surface area contributed by atoms with E-state index in [-0.39, 0.29) is 5.75 Å². The molecule has 12 nitrogen and oxygen atoms in total. The summed E-state index contributed by atoms with van der Waals surface area (Å²) in [5.41, 5.74) is 5.07. The number of thiol groups is 1. The van der Waals surface area contributed by atoms with Crippen molar-refractivity contribution in [2.24, 2.45) is 5.73 Å². The van der Waals surface area contributed by atoms with Gasteiger partial charge in [0, 0.05) is 5.75 Å². The van der Waals surface area contributed by atoms with Crippen molar-refractivity contribution < 1.29 is 34.2 Å². The number of rotatable bonds is 11. The molecule has 4 unspecified atom stereocenters. The minimum atomic E-state index is -1.62. The highest BCUT2D eigenvalue weighted by Gasteiger charge is 2.31. The number of aliphatic carboxylic acids is 1. The predicted molar refractivity (Wildman–Crippen MR) is 99.2 cm³/mol. The van der Waals surface area contributed by atoms with Crippen LogP contribution in [-0.2, 0) is 24.0 Å². The first-order chi connectivity index (χ1) is 13.2. The van der Waals surface area contributed by atoms with Crippen LogP contribution < -0.4 is 27.0 Å². The summed E-state index contributed by atoms with van der Waals surface area (Å²) >= 11 is 4.01. The maximum atomic E-state index is 12.4. The van der Waals surface area contributed by atoms with Gasteiger partial charge in [0.2, 0.25) is 23.6 Å². The zero-order chi connectivity index (χ0) is 21.3. The molecule has 1 aliphatic heterocycles. The second kappa shape index (κ2) is 11.5. The largest absolute Gasteiger partial charge is 0.480 e. The van der Waals surface area contributed by atoms with Crippen molar-refractivity contribution in [3.63, 3.8) is 0 Å². The van der Waals surface area contributed by atoms with Gasteiger partial charge in [0.05, 0.1) is 19.1 Å². The van der Waals surface area contributed by atoms with Gasteiger partial charge in [-0.2, -0.15) is 12.6 Å². The third-order valence-electron chi connectivity index (χ3n) is 4.03. The fourth-order valence-corrected chi connectivity index (χ4v) is 2.77. The van der Waals surface area contributed by atoms with E-state index in [4.69, 9.17) is 15.9 Å². The summed E-state index contributed by atoms with van der Waals surface area (Å²) in [6.07, 6.45) is 0.843. The smallest absolute Gasteiger partial charge is 0.328 e. The highest BCUT2D eigenvalue weighted by atomic mass is 32.1. The Morgan fingerprint density at radius 2 is 1.68 bits per heavy atom. The lowest BCUT2D eigenvalue weighted by Crippen LogP contribution is -2.58. The zero-order valence-electron chi connectivity index (χ0n) is 15.0. The molecule has 1 aliphatic rings. The molecule has 1 heterocycles. The van der Waals surface area contributed by atoms with Crippen LogP contribution in [0, 0.1) is 0 Å². The minimum absolute atomic E-state index is 0.0798. The molecule has 158 valence electrons. The molecule has 28 heavy (non-hydrogen) atoms. The van der Waals surface area contributed by atoms with Crippen LogP contribution in [0.3, 0.4) is 0 Å². The molecule has 4 atom stereocenters. The van der Waals surface area contributed by atoms with Crippen LogP contribution in [0.1, 0.15) is 19.3 Å². The van der Waals surface area contributed by atoms with Crippen LogP contribution in [0.4, 0.5) is 0 Å². The van der Waals surface area contributed by atoms with Gasteiger partial charge in [-0.1, -0.05) is 0 Å². The topological polar surface area (TPSA) is 200 Å². The quantitative estimate of drug-likeness (QED) is 0.155. The molecular formula is C15H25N5O7S. The van der Waals surface area contributed by atoms with Gasteiger partial charge in [-0.05, 0) is 19.4 Å². The van der Waals surface area contributed by atoms with Gasteiger partial charge >= 0.3 is 5.97 Å². The number of nitrogens with two attached hydrogens (primary N) is 1. The number of primary amides is 1. The van der Waals surface area contributed by atoms with Crippen molar-refractivity contribution in [3.05, 3.63) is 0 Å². The van der Waals surface area contributed by atoms with Crippen LogP contribution in [0.2, 0.25) is 0 Å². The van der Waals surface area contributed by atoms with E-state index in [0.29, 0.717) is 13.0 Å². The summed E-state index contributed by atoms with van der Waals surface area (Å²) in [5.74, 6) is -4.70. The number of hydrogen-bond donors (Lipinski definition) is 8. The molecule has 0 bridgehead atoms. The van der Waals surface area contributed by atoms with Gasteiger partial charge in [-0.3, -0.25) is 19.2 Å². The molecule has 13 heteroatoms. The molecular weight excluding hydrogens is 394 g/mol. The van der Waals surface area contributed by atoms with Gasteiger partial charge in [-0.15, -0.1) is 0 Å². The van der Waals surface area contributed by atoms with Gasteiger partial charge in [0.1, 0.15) is 18.1 Å². The number of carboxylic acids is 1. The fourth-order valence-electron chi connectivity index (χ4n) is 2.52. The second-order valence-corrected chi connectivity index (χ2v) is 6.57. The number of aliphatic hydroxyl groups is 1. The Balaban J connectivity index is 2.77. The van der Waals surface area contributed by atoms with Crippen molar-refractivity contribution >= 4 is 42.2 Å². The van der Waals surface area contributed by atoms with E-state index < -0.39 is 66.8 Å². The van der Waals surface area contributed by atoms with Crippen LogP contribution in [0.15, 0.2) is 0 Å². The lowest BCUT2D eigenvalue weighted by atomic mass is 10.1. The molecule has 0 saturated carbocycles. The minimum Gasteiger partial charge on any atom is -0.480 e. The fraction of sp³-hybridized carbons (Fsp3) is 0.667. The SMILES string of the molecule is NC(=O)CC(NC(=O)C(CS)NC(=O)C1CCCN1)C(=O)NC(CO)C(=O)O. The molecule has 8 N–H and O–H groups in total. The van der Waals surface area contributed by atoms with Crippen molar-refractivity contribution in [1.82, 2.24) is 21.3 Å². The number of carbonyl (C=O) groups excluding carboxylic acids is 4. The molecule has 1 rings (SSSR count). The molecule has 0 spiro atoms. The first-order valence-electron chi connectivity index (χ1n) is 8.56. The number of hydrogen-bond acceptors (Lipinski definition) is 8. The summed E-state index contributed by atoms with van der Waals surface area (Å²) < 4.78 is 0. The number of aliphatic hydroxyl groups excluding tert-OH is 1. The van der Waals surface area contributed by atoms with E-state index in [2.05, 4.69) is 28.6 Å². The van der Waals surface area contributed by atoms with Gasteiger partial charge in [0.15, 0.2) is 0 Å². The molecule has 4 amide bonds. The summed E-state index contributed by atoms with van der Waals surface area (Å²) in [4.78, 5) is 58.9. The third-order valence-corrected chi connectivity index (χ3v) is 4.39. The third kappa shape index (κ3) is 7.32. The lowest BCUT2D eigenvalue weighted by molar-refractivity contribution is -0.143. The van der Waals surface area contributed by atoms with Crippen molar-refractivity contribution in [1.29, 1.82) is 0 Å². The average Bonchev–Trinajstić information content (AvgIpc) is 3.17. The Hall–Kier alpha value is -2.38. The van der Waals surface area contributed by atoms with Crippen LogP contribution in [-0.4, -0.2) is 82.9 Å². The standard InChI is InChI=1S/C15H25N5O7S/c16-11(22)4-8(13(24)19-9(5-21)15(26)27)18-14(25)10(6-28)20-12(23)7-2-1-3-17-7/h7-10,17,21,28H,1-6H2,(H2,16,22)(H,18,25)(H,19,24)(H,20,23)(H,26,27). The monoisotopic (exact) mass is 419 g/mol.